The first-order valence-corrected chi connectivity index (χ1v) is 6.08. The highest BCUT2D eigenvalue weighted by Gasteiger charge is 2.66. The molecule has 0 aromatic rings. The molecule has 0 bridgehead atoms. The van der Waals surface area contributed by atoms with Gasteiger partial charge in [-0.15, -0.1) is 0 Å². The monoisotopic (exact) mass is 254 g/mol. The van der Waals surface area contributed by atoms with Crippen LogP contribution >= 0.6 is 0 Å². The van der Waals surface area contributed by atoms with Gasteiger partial charge in [0.15, 0.2) is 0 Å². The summed E-state index contributed by atoms with van der Waals surface area (Å²) in [5, 5.41) is 0. The average Bonchev–Trinajstić information content (AvgIpc) is 2.45. The van der Waals surface area contributed by atoms with Gasteiger partial charge in [-0.1, -0.05) is 0 Å². The maximum Gasteiger partial charge on any atom is 0.311 e. The quantitative estimate of drug-likeness (QED) is 0.690. The second-order valence-electron chi connectivity index (χ2n) is 6.24. The molecule has 100 valence electrons. The highest BCUT2D eigenvalue weighted by Crippen LogP contribution is 2.52. The van der Waals surface area contributed by atoms with Gasteiger partial charge < -0.3 is 9.47 Å². The molecule has 5 heteroatoms. The molecule has 1 heterocycles. The fraction of sp³-hybridized carbons (Fsp3) is 0.769. The maximum atomic E-state index is 11.7. The van der Waals surface area contributed by atoms with Crippen molar-refractivity contribution in [2.75, 3.05) is 6.61 Å². The van der Waals surface area contributed by atoms with Crippen LogP contribution in [0, 0.1) is 16.7 Å². The summed E-state index contributed by atoms with van der Waals surface area (Å²) in [7, 11) is 0. The van der Waals surface area contributed by atoms with Crippen molar-refractivity contribution >= 4 is 17.7 Å². The summed E-state index contributed by atoms with van der Waals surface area (Å²) >= 11 is 0. The van der Waals surface area contributed by atoms with Crippen LogP contribution in [-0.4, -0.2) is 30.4 Å². The Kier molecular flexibility index (Phi) is 2.76. The normalized spacial score (nSPS) is 34.7. The molecule has 1 aliphatic carbocycles. The molecule has 0 amide bonds. The van der Waals surface area contributed by atoms with Crippen molar-refractivity contribution in [1.82, 2.24) is 0 Å². The Bertz CT molecular complexity index is 418. The Morgan fingerprint density at radius 3 is 2.56 bits per heavy atom. The van der Waals surface area contributed by atoms with Crippen LogP contribution in [-0.2, 0) is 23.9 Å². The number of Topliss-reactive ketones (excluding diaryl/α,β-unsaturated/α-hetero) is 1. The molecule has 2 fully saturated rings. The van der Waals surface area contributed by atoms with Gasteiger partial charge in [0, 0.05) is 6.42 Å². The lowest BCUT2D eigenvalue weighted by molar-refractivity contribution is -0.163. The van der Waals surface area contributed by atoms with Crippen LogP contribution in [0.4, 0.5) is 0 Å². The van der Waals surface area contributed by atoms with E-state index in [0.29, 0.717) is 0 Å². The van der Waals surface area contributed by atoms with E-state index in [1.165, 1.54) is 0 Å². The van der Waals surface area contributed by atoms with Crippen molar-refractivity contribution in [3.8, 4) is 0 Å². The van der Waals surface area contributed by atoms with Crippen LogP contribution < -0.4 is 0 Å². The van der Waals surface area contributed by atoms with Crippen LogP contribution in [0.5, 0.6) is 0 Å². The van der Waals surface area contributed by atoms with Crippen molar-refractivity contribution in [1.29, 1.82) is 0 Å². The number of hydrogen-bond acceptors (Lipinski definition) is 5. The number of hydrogen-bond donors (Lipinski definition) is 0. The third-order valence-electron chi connectivity index (χ3n) is 3.90. The van der Waals surface area contributed by atoms with Crippen molar-refractivity contribution in [3.63, 3.8) is 0 Å². The second kappa shape index (κ2) is 3.80. The molecule has 1 saturated heterocycles. The first-order chi connectivity index (χ1) is 8.17. The Hall–Kier alpha value is -1.39. The van der Waals surface area contributed by atoms with Gasteiger partial charge in [-0.05, 0) is 27.7 Å². The van der Waals surface area contributed by atoms with E-state index in [1.807, 2.05) is 0 Å². The van der Waals surface area contributed by atoms with E-state index < -0.39 is 16.9 Å². The summed E-state index contributed by atoms with van der Waals surface area (Å²) in [5.74, 6) is -1.07. The molecule has 0 spiro atoms. The fourth-order valence-corrected chi connectivity index (χ4v) is 2.33. The van der Waals surface area contributed by atoms with Crippen molar-refractivity contribution < 1.29 is 23.9 Å². The zero-order valence-corrected chi connectivity index (χ0v) is 11.1. The van der Waals surface area contributed by atoms with E-state index in [4.69, 9.17) is 9.47 Å². The lowest BCUT2D eigenvalue weighted by Gasteiger charge is -2.39. The summed E-state index contributed by atoms with van der Waals surface area (Å²) < 4.78 is 10.3. The molecule has 2 aliphatic rings. The van der Waals surface area contributed by atoms with Crippen LogP contribution in [0.15, 0.2) is 0 Å². The first kappa shape index (κ1) is 13.1. The highest BCUT2D eigenvalue weighted by atomic mass is 16.6. The molecule has 1 unspecified atom stereocenters. The highest BCUT2D eigenvalue weighted by molar-refractivity contribution is 6.02. The zero-order valence-electron chi connectivity index (χ0n) is 11.1. The number of ketones is 1. The topological polar surface area (TPSA) is 69.7 Å². The SMILES string of the molecule is CC(C)(C)C(=O)OC[C@H]1OC(=O)C2CC(=O)[C@]21C. The van der Waals surface area contributed by atoms with Gasteiger partial charge in [-0.3, -0.25) is 14.4 Å². The van der Waals surface area contributed by atoms with Gasteiger partial charge in [-0.25, -0.2) is 0 Å². The lowest BCUT2D eigenvalue weighted by atomic mass is 9.59. The molecule has 18 heavy (non-hydrogen) atoms. The van der Waals surface area contributed by atoms with Crippen molar-refractivity contribution in [2.24, 2.45) is 16.7 Å². The number of rotatable bonds is 2. The molecule has 0 N–H and O–H groups in total. The third-order valence-corrected chi connectivity index (χ3v) is 3.90. The van der Waals surface area contributed by atoms with Crippen molar-refractivity contribution in [3.05, 3.63) is 0 Å². The molecule has 5 nitrogen and oxygen atoms in total. The van der Waals surface area contributed by atoms with E-state index in [1.54, 1.807) is 27.7 Å². The zero-order chi connectivity index (χ0) is 13.7. The van der Waals surface area contributed by atoms with E-state index >= 15 is 0 Å². The lowest BCUT2D eigenvalue weighted by Crippen LogP contribution is -2.53. The largest absolute Gasteiger partial charge is 0.461 e. The number of ether oxygens (including phenoxy) is 2. The van der Waals surface area contributed by atoms with Gasteiger partial charge in [0.05, 0.1) is 16.7 Å². The van der Waals surface area contributed by atoms with Crippen molar-refractivity contribution in [2.45, 2.75) is 40.2 Å². The fourth-order valence-electron chi connectivity index (χ4n) is 2.33. The third kappa shape index (κ3) is 1.72. The standard InChI is InChI=1S/C13H18O5/c1-12(2,3)11(16)17-6-9-13(4)7(5-8(13)14)10(15)18-9/h7,9H,5-6H2,1-4H3/t7?,9-,13+/m1/s1. The number of carbonyl (C=O) groups is 3. The predicted octanol–water partition coefficient (Wildman–Crippen LogP) is 1.10. The molecule has 3 atom stereocenters. The molecule has 0 aromatic carbocycles. The smallest absolute Gasteiger partial charge is 0.311 e. The Labute approximate surface area is 106 Å². The summed E-state index contributed by atoms with van der Waals surface area (Å²) in [6.07, 6.45) is -0.387. The molecular weight excluding hydrogens is 236 g/mol. The van der Waals surface area contributed by atoms with Crippen LogP contribution in [0.25, 0.3) is 0 Å². The Morgan fingerprint density at radius 2 is 2.06 bits per heavy atom. The van der Waals surface area contributed by atoms with Gasteiger partial charge >= 0.3 is 11.9 Å². The van der Waals surface area contributed by atoms with E-state index in [0.717, 1.165) is 0 Å². The number of esters is 2. The van der Waals surface area contributed by atoms with Gasteiger partial charge in [0.25, 0.3) is 0 Å². The minimum atomic E-state index is -0.796. The maximum absolute atomic E-state index is 11.7. The van der Waals surface area contributed by atoms with E-state index in [9.17, 15) is 14.4 Å². The van der Waals surface area contributed by atoms with Crippen LogP contribution in [0.2, 0.25) is 0 Å². The first-order valence-electron chi connectivity index (χ1n) is 6.08. The summed E-state index contributed by atoms with van der Waals surface area (Å²) in [5.41, 5.74) is -1.40. The number of fused-ring (bicyclic) bond motifs is 1. The average molecular weight is 254 g/mol. The molecule has 0 aromatic heterocycles. The van der Waals surface area contributed by atoms with Crippen LogP contribution in [0.3, 0.4) is 0 Å². The van der Waals surface area contributed by atoms with E-state index in [2.05, 4.69) is 0 Å². The minimum Gasteiger partial charge on any atom is -0.461 e. The predicted molar refractivity (Wildman–Crippen MR) is 61.5 cm³/mol. The Morgan fingerprint density at radius 1 is 1.44 bits per heavy atom. The number of cyclic esters (lactones) is 1. The van der Waals surface area contributed by atoms with E-state index in [-0.39, 0.29) is 36.7 Å². The number of carbonyl (C=O) groups excluding carboxylic acids is 3. The van der Waals surface area contributed by atoms with Crippen LogP contribution in [0.1, 0.15) is 34.1 Å². The minimum absolute atomic E-state index is 0.00941. The summed E-state index contributed by atoms with van der Waals surface area (Å²) in [6, 6.07) is 0. The molecular formula is C13H18O5. The van der Waals surface area contributed by atoms with Gasteiger partial charge in [0.1, 0.15) is 18.5 Å². The molecule has 1 aliphatic heterocycles. The van der Waals surface area contributed by atoms with Gasteiger partial charge in [0.2, 0.25) is 0 Å². The molecule has 1 saturated carbocycles. The summed E-state index contributed by atoms with van der Waals surface area (Å²) in [6.45, 7) is 6.91. The second-order valence-corrected chi connectivity index (χ2v) is 6.24. The summed E-state index contributed by atoms with van der Waals surface area (Å²) in [4.78, 5) is 34.8. The molecule has 2 rings (SSSR count). The molecule has 0 radical (unpaired) electrons. The van der Waals surface area contributed by atoms with Gasteiger partial charge in [-0.2, -0.15) is 0 Å². The Balaban J connectivity index is 2.01.